The van der Waals surface area contributed by atoms with Gasteiger partial charge in [-0.05, 0) is 25.7 Å². The first kappa shape index (κ1) is 14.5. The highest BCUT2D eigenvalue weighted by atomic mass is 32.2. The molecule has 0 radical (unpaired) electrons. The Hall–Kier alpha value is -1.41. The van der Waals surface area contributed by atoms with Crippen LogP contribution in [0.25, 0.3) is 0 Å². The number of fused-ring (bicyclic) bond motifs is 1. The fourth-order valence-corrected chi connectivity index (χ4v) is 4.74. The molecule has 3 heterocycles. The molecule has 0 spiro atoms. The third-order valence-corrected chi connectivity index (χ3v) is 6.05. The number of carboxylic acid groups (broad SMARTS) is 1. The summed E-state index contributed by atoms with van der Waals surface area (Å²) in [6.07, 6.45) is 1.42. The van der Waals surface area contributed by atoms with E-state index >= 15 is 0 Å². The van der Waals surface area contributed by atoms with Crippen molar-refractivity contribution in [3.05, 3.63) is 17.2 Å². The van der Waals surface area contributed by atoms with Crippen LogP contribution in [0.4, 0.5) is 0 Å². The molecule has 1 aromatic rings. The van der Waals surface area contributed by atoms with Crippen LogP contribution in [0, 0.1) is 0 Å². The van der Waals surface area contributed by atoms with E-state index in [-0.39, 0.29) is 23.1 Å². The van der Waals surface area contributed by atoms with Crippen LogP contribution in [0.1, 0.15) is 59.7 Å². The lowest BCUT2D eigenvalue weighted by Gasteiger charge is -2.26. The quantitative estimate of drug-likeness (QED) is 0.831. The minimum absolute atomic E-state index is 0.0503. The van der Waals surface area contributed by atoms with Crippen LogP contribution in [0.3, 0.4) is 0 Å². The molecule has 3 rings (SSSR count). The Balaban J connectivity index is 2.00. The highest BCUT2D eigenvalue weighted by Crippen LogP contribution is 2.35. The van der Waals surface area contributed by atoms with Gasteiger partial charge in [0.15, 0.2) is 5.69 Å². The largest absolute Gasteiger partial charge is 0.476 e. The molecule has 0 amide bonds. The maximum atomic E-state index is 11.5. The zero-order valence-electron chi connectivity index (χ0n) is 11.5. The van der Waals surface area contributed by atoms with Crippen LogP contribution in [-0.2, 0) is 16.4 Å². The van der Waals surface area contributed by atoms with Crippen molar-refractivity contribution >= 4 is 15.8 Å². The fourth-order valence-electron chi connectivity index (χ4n) is 3.25. The Labute approximate surface area is 122 Å². The molecule has 1 unspecified atom stereocenters. The van der Waals surface area contributed by atoms with Gasteiger partial charge in [-0.3, -0.25) is 0 Å². The lowest BCUT2D eigenvalue weighted by atomic mass is 10.0. The molecule has 1 atom stereocenters. The maximum Gasteiger partial charge on any atom is 0.356 e. The number of hydrogen-bond donors (Lipinski definition) is 2. The highest BCUT2D eigenvalue weighted by Gasteiger charge is 2.34. The Morgan fingerprint density at radius 3 is 2.52 bits per heavy atom. The van der Waals surface area contributed by atoms with Crippen molar-refractivity contribution in [2.75, 3.05) is 11.5 Å². The molecule has 0 aromatic carbocycles. The number of nitrogens with zero attached hydrogens (tertiary/aromatic N) is 2. The van der Waals surface area contributed by atoms with E-state index in [0.29, 0.717) is 37.3 Å². The average Bonchev–Trinajstić information content (AvgIpc) is 2.80. The molecule has 1 aromatic heterocycles. The Kier molecular flexibility index (Phi) is 3.53. The number of rotatable bonds is 2. The zero-order valence-corrected chi connectivity index (χ0v) is 12.3. The molecule has 2 aliphatic rings. The topological polar surface area (TPSA) is 109 Å². The number of aliphatic hydroxyl groups excluding tert-OH is 1. The van der Waals surface area contributed by atoms with Gasteiger partial charge in [-0.25, -0.2) is 18.2 Å². The van der Waals surface area contributed by atoms with Crippen LogP contribution >= 0.6 is 0 Å². The summed E-state index contributed by atoms with van der Waals surface area (Å²) in [5.41, 5.74) is 0.280. The van der Waals surface area contributed by atoms with Gasteiger partial charge in [0, 0.05) is 12.5 Å². The summed E-state index contributed by atoms with van der Waals surface area (Å²) in [4.78, 5) is 15.6. The number of sulfone groups is 1. The molecule has 1 fully saturated rings. The van der Waals surface area contributed by atoms with Gasteiger partial charge in [-0.1, -0.05) is 0 Å². The Morgan fingerprint density at radius 1 is 1.24 bits per heavy atom. The second-order valence-corrected chi connectivity index (χ2v) is 8.05. The van der Waals surface area contributed by atoms with Crippen molar-refractivity contribution < 1.29 is 23.4 Å². The van der Waals surface area contributed by atoms with E-state index in [4.69, 9.17) is 0 Å². The first-order valence-electron chi connectivity index (χ1n) is 7.11. The van der Waals surface area contributed by atoms with E-state index in [1.54, 1.807) is 4.57 Å². The summed E-state index contributed by atoms with van der Waals surface area (Å²) in [7, 11) is -2.97. The van der Waals surface area contributed by atoms with Crippen molar-refractivity contribution in [1.82, 2.24) is 9.55 Å². The van der Waals surface area contributed by atoms with Gasteiger partial charge >= 0.3 is 5.97 Å². The molecule has 2 aliphatic heterocycles. The third kappa shape index (κ3) is 2.57. The monoisotopic (exact) mass is 314 g/mol. The molecular formula is C13H18N2O5S. The molecule has 21 heavy (non-hydrogen) atoms. The van der Waals surface area contributed by atoms with Gasteiger partial charge in [0.1, 0.15) is 15.7 Å². The van der Waals surface area contributed by atoms with E-state index in [1.807, 2.05) is 0 Å². The van der Waals surface area contributed by atoms with Crippen LogP contribution in [0.2, 0.25) is 0 Å². The third-order valence-electron chi connectivity index (χ3n) is 4.33. The molecule has 2 N–H and O–H groups in total. The number of aromatic nitrogens is 2. The van der Waals surface area contributed by atoms with Crippen molar-refractivity contribution in [3.63, 3.8) is 0 Å². The molecule has 116 valence electrons. The lowest BCUT2D eigenvalue weighted by molar-refractivity contribution is 0.0677. The smallest absolute Gasteiger partial charge is 0.356 e. The number of carboxylic acids is 1. The van der Waals surface area contributed by atoms with E-state index in [0.717, 1.165) is 6.42 Å². The predicted molar refractivity (Wildman–Crippen MR) is 74.0 cm³/mol. The van der Waals surface area contributed by atoms with Crippen molar-refractivity contribution in [3.8, 4) is 0 Å². The van der Waals surface area contributed by atoms with Gasteiger partial charge < -0.3 is 14.8 Å². The predicted octanol–water partition coefficient (Wildman–Crippen LogP) is 0.701. The number of imidazole rings is 1. The Morgan fingerprint density at radius 2 is 1.90 bits per heavy atom. The minimum atomic E-state index is -2.97. The first-order valence-corrected chi connectivity index (χ1v) is 8.93. The number of hydrogen-bond acceptors (Lipinski definition) is 5. The lowest BCUT2D eigenvalue weighted by Crippen LogP contribution is -2.25. The second kappa shape index (κ2) is 5.10. The zero-order chi connectivity index (χ0) is 15.2. The molecule has 0 aliphatic carbocycles. The summed E-state index contributed by atoms with van der Waals surface area (Å²) in [5.74, 6) is -0.341. The molecule has 0 bridgehead atoms. The summed E-state index contributed by atoms with van der Waals surface area (Å²) < 4.78 is 24.8. The SMILES string of the molecule is O=C(O)c1nc(C2CCS(=O)(=O)CC2)n2c1C(O)CCC2. The fraction of sp³-hybridized carbons (Fsp3) is 0.692. The van der Waals surface area contributed by atoms with Gasteiger partial charge in [0.25, 0.3) is 0 Å². The van der Waals surface area contributed by atoms with Crippen molar-refractivity contribution in [2.24, 2.45) is 0 Å². The minimum Gasteiger partial charge on any atom is -0.476 e. The molecule has 1 saturated heterocycles. The van der Waals surface area contributed by atoms with Crippen molar-refractivity contribution in [1.29, 1.82) is 0 Å². The average molecular weight is 314 g/mol. The summed E-state index contributed by atoms with van der Waals surface area (Å²) in [6, 6.07) is 0. The molecular weight excluding hydrogens is 296 g/mol. The van der Waals surface area contributed by atoms with Gasteiger partial charge in [0.2, 0.25) is 0 Å². The molecule has 8 heteroatoms. The van der Waals surface area contributed by atoms with Crippen molar-refractivity contribution in [2.45, 2.75) is 44.2 Å². The van der Waals surface area contributed by atoms with Crippen LogP contribution < -0.4 is 0 Å². The number of carbonyl (C=O) groups is 1. The maximum absolute atomic E-state index is 11.5. The van der Waals surface area contributed by atoms with Gasteiger partial charge in [-0.15, -0.1) is 0 Å². The number of aromatic carboxylic acids is 1. The number of aliphatic hydroxyl groups is 1. The van der Waals surface area contributed by atoms with E-state index in [9.17, 15) is 23.4 Å². The summed E-state index contributed by atoms with van der Waals surface area (Å²) in [6.45, 7) is 0.630. The van der Waals surface area contributed by atoms with Gasteiger partial charge in [-0.2, -0.15) is 0 Å². The van der Waals surface area contributed by atoms with E-state index in [2.05, 4.69) is 4.98 Å². The van der Waals surface area contributed by atoms with Crippen LogP contribution in [0.15, 0.2) is 0 Å². The second-order valence-electron chi connectivity index (χ2n) is 5.74. The summed E-state index contributed by atoms with van der Waals surface area (Å²) >= 11 is 0. The first-order chi connectivity index (χ1) is 9.89. The molecule has 7 nitrogen and oxygen atoms in total. The summed E-state index contributed by atoms with van der Waals surface area (Å²) in [5, 5.41) is 19.3. The van der Waals surface area contributed by atoms with Crippen LogP contribution in [0.5, 0.6) is 0 Å². The highest BCUT2D eigenvalue weighted by molar-refractivity contribution is 7.91. The Bertz CT molecular complexity index is 665. The van der Waals surface area contributed by atoms with Gasteiger partial charge in [0.05, 0.1) is 23.3 Å². The molecule has 0 saturated carbocycles. The van der Waals surface area contributed by atoms with E-state index < -0.39 is 21.9 Å². The standard InChI is InChI=1S/C13H18N2O5S/c16-9-2-1-5-15-11(9)10(13(17)18)14-12(15)8-3-6-21(19,20)7-4-8/h8-9,16H,1-7H2,(H,17,18). The van der Waals surface area contributed by atoms with E-state index in [1.165, 1.54) is 0 Å². The van der Waals surface area contributed by atoms with Crippen LogP contribution in [-0.4, -0.2) is 45.7 Å². The normalized spacial score (nSPS) is 25.5.